The summed E-state index contributed by atoms with van der Waals surface area (Å²) >= 11 is 0. The van der Waals surface area contributed by atoms with Crippen molar-refractivity contribution >= 4 is 5.69 Å². The number of methoxy groups -OCH3 is 1. The molecule has 0 unspecified atom stereocenters. The summed E-state index contributed by atoms with van der Waals surface area (Å²) in [6, 6.07) is 3.74. The molecule has 84 valence electrons. The smallest absolute Gasteiger partial charge is 0.213 e. The van der Waals surface area contributed by atoms with Gasteiger partial charge in [0.2, 0.25) is 5.88 Å². The first-order valence-corrected chi connectivity index (χ1v) is 5.02. The van der Waals surface area contributed by atoms with Crippen molar-refractivity contribution < 1.29 is 4.74 Å². The molecule has 0 fully saturated rings. The quantitative estimate of drug-likeness (QED) is 0.820. The number of pyridine rings is 1. The molecule has 2 heterocycles. The van der Waals surface area contributed by atoms with Crippen molar-refractivity contribution in [3.63, 3.8) is 0 Å². The second-order valence-corrected chi connectivity index (χ2v) is 3.42. The fourth-order valence-electron chi connectivity index (χ4n) is 1.36. The Kier molecular flexibility index (Phi) is 3.05. The first-order chi connectivity index (χ1) is 7.79. The highest BCUT2D eigenvalue weighted by Gasteiger charge is 2.00. The zero-order valence-electron chi connectivity index (χ0n) is 9.32. The third kappa shape index (κ3) is 2.31. The van der Waals surface area contributed by atoms with Crippen molar-refractivity contribution in [2.75, 3.05) is 12.4 Å². The van der Waals surface area contributed by atoms with E-state index in [1.54, 1.807) is 19.6 Å². The summed E-state index contributed by atoms with van der Waals surface area (Å²) in [5.74, 6) is 0.613. The molecule has 2 rings (SSSR count). The minimum Gasteiger partial charge on any atom is -0.481 e. The van der Waals surface area contributed by atoms with Gasteiger partial charge >= 0.3 is 0 Å². The molecule has 0 aromatic carbocycles. The van der Waals surface area contributed by atoms with Gasteiger partial charge in [0.25, 0.3) is 0 Å². The molecule has 5 nitrogen and oxygen atoms in total. The van der Waals surface area contributed by atoms with E-state index in [2.05, 4.69) is 20.3 Å². The number of imidazole rings is 1. The van der Waals surface area contributed by atoms with E-state index in [-0.39, 0.29) is 0 Å². The van der Waals surface area contributed by atoms with Gasteiger partial charge in [-0.05, 0) is 13.0 Å². The summed E-state index contributed by atoms with van der Waals surface area (Å²) in [7, 11) is 1.60. The third-order valence-electron chi connectivity index (χ3n) is 2.34. The number of aromatic nitrogens is 3. The normalized spacial score (nSPS) is 10.1. The van der Waals surface area contributed by atoms with Crippen molar-refractivity contribution in [1.82, 2.24) is 15.0 Å². The molecule has 0 bridgehead atoms. The summed E-state index contributed by atoms with van der Waals surface area (Å²) < 4.78 is 4.98. The predicted molar refractivity (Wildman–Crippen MR) is 61.4 cm³/mol. The Labute approximate surface area is 93.9 Å². The maximum Gasteiger partial charge on any atom is 0.213 e. The summed E-state index contributed by atoms with van der Waals surface area (Å²) in [6.07, 6.45) is 3.43. The van der Waals surface area contributed by atoms with Gasteiger partial charge in [-0.1, -0.05) is 0 Å². The van der Waals surface area contributed by atoms with Crippen LogP contribution in [0.1, 0.15) is 11.4 Å². The van der Waals surface area contributed by atoms with E-state index in [1.807, 2.05) is 19.1 Å². The minimum absolute atomic E-state index is 0.613. The lowest BCUT2D eigenvalue weighted by Gasteiger charge is -2.05. The van der Waals surface area contributed by atoms with Gasteiger partial charge in [-0.25, -0.2) is 9.97 Å². The highest BCUT2D eigenvalue weighted by atomic mass is 16.5. The topological polar surface area (TPSA) is 62.8 Å². The minimum atomic E-state index is 0.613. The lowest BCUT2D eigenvalue weighted by atomic mass is 10.3. The van der Waals surface area contributed by atoms with Crippen LogP contribution in [0, 0.1) is 6.92 Å². The molecule has 0 atom stereocenters. The van der Waals surface area contributed by atoms with Gasteiger partial charge in [-0.2, -0.15) is 0 Å². The molecule has 0 spiro atoms. The van der Waals surface area contributed by atoms with Crippen molar-refractivity contribution in [2.24, 2.45) is 0 Å². The molecule has 0 amide bonds. The number of hydrogen-bond donors (Lipinski definition) is 2. The van der Waals surface area contributed by atoms with Crippen molar-refractivity contribution in [3.05, 3.63) is 36.0 Å². The van der Waals surface area contributed by atoms with E-state index < -0.39 is 0 Å². The highest BCUT2D eigenvalue weighted by molar-refractivity contribution is 5.42. The van der Waals surface area contributed by atoms with Gasteiger partial charge in [0.1, 0.15) is 0 Å². The zero-order chi connectivity index (χ0) is 11.4. The van der Waals surface area contributed by atoms with Crippen LogP contribution in [-0.2, 0) is 6.54 Å². The maximum atomic E-state index is 4.98. The van der Waals surface area contributed by atoms with Crippen LogP contribution < -0.4 is 10.1 Å². The summed E-state index contributed by atoms with van der Waals surface area (Å²) in [4.78, 5) is 11.3. The fourth-order valence-corrected chi connectivity index (χ4v) is 1.36. The van der Waals surface area contributed by atoms with Crippen molar-refractivity contribution in [1.29, 1.82) is 0 Å². The predicted octanol–water partition coefficient (Wildman–Crippen LogP) is 1.73. The third-order valence-corrected chi connectivity index (χ3v) is 2.34. The van der Waals surface area contributed by atoms with Crippen LogP contribution in [0.3, 0.4) is 0 Å². The zero-order valence-corrected chi connectivity index (χ0v) is 9.32. The van der Waals surface area contributed by atoms with E-state index in [9.17, 15) is 0 Å². The van der Waals surface area contributed by atoms with Crippen molar-refractivity contribution in [2.45, 2.75) is 13.5 Å². The number of nitrogens with one attached hydrogen (secondary N) is 2. The van der Waals surface area contributed by atoms with Crippen LogP contribution in [0.5, 0.6) is 5.88 Å². The Morgan fingerprint density at radius 1 is 1.38 bits per heavy atom. The van der Waals surface area contributed by atoms with Gasteiger partial charge in [-0.3, -0.25) is 0 Å². The number of nitrogens with zero attached hydrogens (tertiary/aromatic N) is 2. The van der Waals surface area contributed by atoms with E-state index >= 15 is 0 Å². The number of aryl methyl sites for hydroxylation is 1. The average molecular weight is 218 g/mol. The number of rotatable bonds is 4. The van der Waals surface area contributed by atoms with E-state index in [1.165, 1.54) is 0 Å². The fraction of sp³-hybridized carbons (Fsp3) is 0.273. The molecule has 0 saturated carbocycles. The summed E-state index contributed by atoms with van der Waals surface area (Å²) in [6.45, 7) is 2.68. The Bertz CT molecular complexity index is 449. The van der Waals surface area contributed by atoms with Crippen LogP contribution in [0.4, 0.5) is 5.69 Å². The largest absolute Gasteiger partial charge is 0.481 e. The molecule has 0 aliphatic rings. The maximum absolute atomic E-state index is 4.98. The lowest BCUT2D eigenvalue weighted by Crippen LogP contribution is -2.01. The van der Waals surface area contributed by atoms with E-state index in [0.29, 0.717) is 12.4 Å². The Morgan fingerprint density at radius 3 is 2.81 bits per heavy atom. The van der Waals surface area contributed by atoms with Crippen LogP contribution >= 0.6 is 0 Å². The van der Waals surface area contributed by atoms with Gasteiger partial charge in [0.05, 0.1) is 37.6 Å². The van der Waals surface area contributed by atoms with E-state index in [4.69, 9.17) is 4.74 Å². The monoisotopic (exact) mass is 218 g/mol. The highest BCUT2D eigenvalue weighted by Crippen LogP contribution is 2.12. The molecule has 16 heavy (non-hydrogen) atoms. The number of ether oxygens (including phenoxy) is 1. The molecular formula is C11H14N4O. The standard InChI is InChI=1S/C11H14N4O/c1-8-10(15-7-14-8)6-12-9-3-4-11(16-2)13-5-9/h3-5,7,12H,6H2,1-2H3,(H,14,15). The molecule has 0 saturated heterocycles. The molecule has 5 heteroatoms. The summed E-state index contributed by atoms with van der Waals surface area (Å²) in [5, 5.41) is 3.24. The first kappa shape index (κ1) is 10.5. The Morgan fingerprint density at radius 2 is 2.25 bits per heavy atom. The molecule has 0 aliphatic carbocycles. The first-order valence-electron chi connectivity index (χ1n) is 5.02. The van der Waals surface area contributed by atoms with Crippen LogP contribution in [0.15, 0.2) is 24.7 Å². The molecule has 0 aliphatic heterocycles. The summed E-state index contributed by atoms with van der Waals surface area (Å²) in [5.41, 5.74) is 3.04. The number of H-pyrrole nitrogens is 1. The SMILES string of the molecule is COc1ccc(NCc2nc[nH]c2C)cn1. The van der Waals surface area contributed by atoms with E-state index in [0.717, 1.165) is 17.1 Å². The van der Waals surface area contributed by atoms with Gasteiger partial charge in [0, 0.05) is 11.8 Å². The molecule has 2 N–H and O–H groups in total. The molecule has 2 aromatic rings. The van der Waals surface area contributed by atoms with Gasteiger partial charge < -0.3 is 15.0 Å². The second-order valence-electron chi connectivity index (χ2n) is 3.42. The van der Waals surface area contributed by atoms with Crippen molar-refractivity contribution in [3.8, 4) is 5.88 Å². The van der Waals surface area contributed by atoms with Crippen LogP contribution in [0.2, 0.25) is 0 Å². The number of anilines is 1. The molecule has 2 aromatic heterocycles. The molecular weight excluding hydrogens is 204 g/mol. The Hall–Kier alpha value is -2.04. The molecule has 0 radical (unpaired) electrons. The van der Waals surface area contributed by atoms with Crippen LogP contribution in [0.25, 0.3) is 0 Å². The average Bonchev–Trinajstić information content (AvgIpc) is 2.73. The lowest BCUT2D eigenvalue weighted by molar-refractivity contribution is 0.398. The van der Waals surface area contributed by atoms with Gasteiger partial charge in [0.15, 0.2) is 0 Å². The Balaban J connectivity index is 1.97. The second kappa shape index (κ2) is 4.65. The van der Waals surface area contributed by atoms with Crippen LogP contribution in [-0.4, -0.2) is 22.1 Å². The number of aromatic amines is 1. The number of hydrogen-bond acceptors (Lipinski definition) is 4. The van der Waals surface area contributed by atoms with Gasteiger partial charge in [-0.15, -0.1) is 0 Å².